The number of carbonyl (C=O) groups is 2. The summed E-state index contributed by atoms with van der Waals surface area (Å²) in [5, 5.41) is 26.7. The van der Waals surface area contributed by atoms with Crippen molar-refractivity contribution in [1.29, 1.82) is 0 Å². The Morgan fingerprint density at radius 3 is 2.51 bits per heavy atom. The standard InChI is InChI=1S/C23H29ClF2N4O5/c1-14(2)17-6-9-27-30(17)23(7-10-29(11-8-23)13-22(3,34)20(32)33)19(31)28-16-5-4-15(24)12-18(16)35-21(25)26/h4-6,9,12,14,21,34H,7-8,10-11,13H2,1-3H3,(H,28,31)(H,32,33)/t22-/m0/s1. The minimum absolute atomic E-state index is 0.0357. The summed E-state index contributed by atoms with van der Waals surface area (Å²) >= 11 is 5.92. The van der Waals surface area contributed by atoms with Crippen molar-refractivity contribution in [3.8, 4) is 5.75 Å². The molecule has 2 aromatic rings. The fourth-order valence-electron chi connectivity index (χ4n) is 4.26. The van der Waals surface area contributed by atoms with Crippen molar-refractivity contribution in [2.75, 3.05) is 25.0 Å². The van der Waals surface area contributed by atoms with Gasteiger partial charge in [-0.3, -0.25) is 14.4 Å². The highest BCUT2D eigenvalue weighted by Gasteiger charge is 2.46. The lowest BCUT2D eigenvalue weighted by molar-refractivity contribution is -0.159. The number of carboxylic acid groups (broad SMARTS) is 1. The quantitative estimate of drug-likeness (QED) is 0.468. The number of nitrogens with one attached hydrogen (secondary N) is 1. The molecule has 2 heterocycles. The van der Waals surface area contributed by atoms with E-state index in [4.69, 9.17) is 11.6 Å². The first-order valence-corrected chi connectivity index (χ1v) is 11.5. The normalized spacial score (nSPS) is 17.9. The van der Waals surface area contributed by atoms with E-state index >= 15 is 0 Å². The van der Waals surface area contributed by atoms with Crippen molar-refractivity contribution in [3.63, 3.8) is 0 Å². The van der Waals surface area contributed by atoms with Crippen LogP contribution in [0.4, 0.5) is 14.5 Å². The van der Waals surface area contributed by atoms with Crippen molar-refractivity contribution in [2.24, 2.45) is 0 Å². The molecule has 1 atom stereocenters. The molecule has 0 bridgehead atoms. The second kappa shape index (κ2) is 10.5. The van der Waals surface area contributed by atoms with Gasteiger partial charge in [-0.2, -0.15) is 13.9 Å². The molecule has 0 spiro atoms. The Balaban J connectivity index is 1.93. The molecule has 1 aromatic carbocycles. The Hall–Kier alpha value is -2.76. The van der Waals surface area contributed by atoms with Crippen LogP contribution in [0.1, 0.15) is 45.2 Å². The topological polar surface area (TPSA) is 117 Å². The summed E-state index contributed by atoms with van der Waals surface area (Å²) in [5.41, 5.74) is -2.28. The number of carbonyl (C=O) groups excluding carboxylic acids is 1. The Morgan fingerprint density at radius 1 is 1.29 bits per heavy atom. The summed E-state index contributed by atoms with van der Waals surface area (Å²) in [6.45, 7) is 2.53. The maximum absolute atomic E-state index is 13.8. The highest BCUT2D eigenvalue weighted by Crippen LogP contribution is 2.37. The Kier molecular flexibility index (Phi) is 8.03. The molecule has 1 fully saturated rings. The molecule has 192 valence electrons. The fourth-order valence-corrected chi connectivity index (χ4v) is 4.42. The summed E-state index contributed by atoms with van der Waals surface area (Å²) in [5.74, 6) is -2.04. The van der Waals surface area contributed by atoms with Gasteiger partial charge in [0.05, 0.1) is 5.69 Å². The second-order valence-electron chi connectivity index (χ2n) is 9.18. The summed E-state index contributed by atoms with van der Waals surface area (Å²) < 4.78 is 32.1. The largest absolute Gasteiger partial charge is 0.479 e. The number of β-amino-alcohol motifs (C(OH)–C–C–N with tert-alkyl or cyclic N) is 1. The van der Waals surface area contributed by atoms with Crippen LogP contribution in [0.5, 0.6) is 5.75 Å². The first kappa shape index (κ1) is 26.8. The molecule has 1 aromatic heterocycles. The third-order valence-corrected chi connectivity index (χ3v) is 6.41. The van der Waals surface area contributed by atoms with E-state index < -0.39 is 29.6 Å². The van der Waals surface area contributed by atoms with E-state index in [0.29, 0.717) is 13.1 Å². The number of nitrogens with zero attached hydrogens (tertiary/aromatic N) is 3. The number of aliphatic hydroxyl groups is 1. The van der Waals surface area contributed by atoms with Crippen molar-refractivity contribution in [2.45, 2.75) is 57.3 Å². The van der Waals surface area contributed by atoms with Crippen LogP contribution in [0.3, 0.4) is 0 Å². The average Bonchev–Trinajstić information content (AvgIpc) is 3.26. The van der Waals surface area contributed by atoms with Crippen molar-refractivity contribution < 1.29 is 33.3 Å². The zero-order valence-electron chi connectivity index (χ0n) is 19.7. The first-order chi connectivity index (χ1) is 16.4. The van der Waals surface area contributed by atoms with Crippen LogP contribution in [0.2, 0.25) is 5.02 Å². The molecule has 12 heteroatoms. The molecule has 0 saturated carbocycles. The van der Waals surface area contributed by atoms with Crippen LogP contribution < -0.4 is 10.1 Å². The highest BCUT2D eigenvalue weighted by molar-refractivity contribution is 6.30. The van der Waals surface area contributed by atoms with Gasteiger partial charge in [0.1, 0.15) is 5.54 Å². The average molecular weight is 515 g/mol. The number of aromatic nitrogens is 2. The zero-order chi connectivity index (χ0) is 26.0. The van der Waals surface area contributed by atoms with E-state index in [0.717, 1.165) is 5.69 Å². The van der Waals surface area contributed by atoms with Crippen LogP contribution in [0.25, 0.3) is 0 Å². The Morgan fingerprint density at radius 2 is 1.94 bits per heavy atom. The molecular weight excluding hydrogens is 486 g/mol. The van der Waals surface area contributed by atoms with Gasteiger partial charge >= 0.3 is 12.6 Å². The van der Waals surface area contributed by atoms with Crippen LogP contribution in [0.15, 0.2) is 30.5 Å². The maximum atomic E-state index is 13.8. The third-order valence-electron chi connectivity index (χ3n) is 6.17. The molecule has 0 aliphatic carbocycles. The van der Waals surface area contributed by atoms with E-state index in [1.54, 1.807) is 15.8 Å². The van der Waals surface area contributed by atoms with Crippen molar-refractivity contribution >= 4 is 29.2 Å². The minimum atomic E-state index is -3.11. The van der Waals surface area contributed by atoms with E-state index in [1.165, 1.54) is 25.1 Å². The fraction of sp³-hybridized carbons (Fsp3) is 0.522. The molecule has 9 nitrogen and oxygen atoms in total. The summed E-state index contributed by atoms with van der Waals surface area (Å²) in [4.78, 5) is 26.9. The monoisotopic (exact) mass is 514 g/mol. The number of alkyl halides is 2. The van der Waals surface area contributed by atoms with Crippen LogP contribution >= 0.6 is 11.6 Å². The molecule has 0 unspecified atom stereocenters. The van der Waals surface area contributed by atoms with E-state index in [1.807, 2.05) is 19.9 Å². The lowest BCUT2D eigenvalue weighted by Crippen LogP contribution is -2.57. The number of carboxylic acids is 1. The summed E-state index contributed by atoms with van der Waals surface area (Å²) in [6, 6.07) is 5.85. The molecule has 3 rings (SSSR count). The van der Waals surface area contributed by atoms with Gasteiger partial charge in [0, 0.05) is 42.6 Å². The number of benzene rings is 1. The number of hydrogen-bond acceptors (Lipinski definition) is 6. The van der Waals surface area contributed by atoms with Gasteiger partial charge in [-0.25, -0.2) is 4.79 Å². The van der Waals surface area contributed by atoms with Gasteiger partial charge in [-0.1, -0.05) is 25.4 Å². The van der Waals surface area contributed by atoms with Gasteiger partial charge in [-0.05, 0) is 43.9 Å². The molecular formula is C23H29ClF2N4O5. The number of ether oxygens (including phenoxy) is 1. The smallest absolute Gasteiger partial charge is 0.387 e. The second-order valence-corrected chi connectivity index (χ2v) is 9.62. The van der Waals surface area contributed by atoms with Gasteiger partial charge in [0.15, 0.2) is 11.4 Å². The minimum Gasteiger partial charge on any atom is -0.479 e. The van der Waals surface area contributed by atoms with Gasteiger partial charge in [0.25, 0.3) is 5.91 Å². The molecule has 1 saturated heterocycles. The Labute approximate surface area is 206 Å². The molecule has 1 aliphatic rings. The van der Waals surface area contributed by atoms with Crippen molar-refractivity contribution in [1.82, 2.24) is 14.7 Å². The number of hydrogen-bond donors (Lipinski definition) is 3. The number of likely N-dealkylation sites (tertiary alicyclic amines) is 1. The lowest BCUT2D eigenvalue weighted by Gasteiger charge is -2.43. The molecule has 1 amide bonds. The van der Waals surface area contributed by atoms with E-state index in [9.17, 15) is 28.6 Å². The zero-order valence-corrected chi connectivity index (χ0v) is 20.4. The van der Waals surface area contributed by atoms with E-state index in [2.05, 4.69) is 15.2 Å². The number of halogens is 3. The molecule has 3 N–H and O–H groups in total. The predicted octanol–water partition coefficient (Wildman–Crippen LogP) is 3.53. The lowest BCUT2D eigenvalue weighted by atomic mass is 9.85. The molecule has 0 radical (unpaired) electrons. The third kappa shape index (κ3) is 5.91. The van der Waals surface area contributed by atoms with E-state index in [-0.39, 0.29) is 41.8 Å². The van der Waals surface area contributed by atoms with Crippen LogP contribution in [-0.2, 0) is 15.1 Å². The first-order valence-electron chi connectivity index (χ1n) is 11.1. The number of rotatable bonds is 9. The number of aliphatic carboxylic acids is 1. The van der Waals surface area contributed by atoms with Gasteiger partial charge in [0.2, 0.25) is 0 Å². The van der Waals surface area contributed by atoms with Gasteiger partial charge < -0.3 is 20.3 Å². The molecule has 1 aliphatic heterocycles. The SMILES string of the molecule is CC(C)c1ccnn1C1(C(=O)Nc2ccc(Cl)cc2OC(F)F)CCN(C[C@](C)(O)C(=O)O)CC1. The van der Waals surface area contributed by atoms with Gasteiger partial charge in [-0.15, -0.1) is 0 Å². The molecule has 35 heavy (non-hydrogen) atoms. The maximum Gasteiger partial charge on any atom is 0.387 e. The van der Waals surface area contributed by atoms with Crippen molar-refractivity contribution in [3.05, 3.63) is 41.2 Å². The Bertz CT molecular complexity index is 1070. The number of piperidine rings is 1. The highest BCUT2D eigenvalue weighted by atomic mass is 35.5. The van der Waals surface area contributed by atoms with Crippen LogP contribution in [-0.4, -0.2) is 68.6 Å². The number of amides is 1. The van der Waals surface area contributed by atoms with Crippen LogP contribution in [0, 0.1) is 0 Å². The summed E-state index contributed by atoms with van der Waals surface area (Å²) in [6.07, 6.45) is 2.09. The summed E-state index contributed by atoms with van der Waals surface area (Å²) in [7, 11) is 0. The predicted molar refractivity (Wildman–Crippen MR) is 125 cm³/mol. The number of anilines is 1.